The minimum absolute atomic E-state index is 0.255. The Morgan fingerprint density at radius 2 is 2.21 bits per heavy atom. The van der Waals surface area contributed by atoms with Crippen LogP contribution in [0, 0.1) is 5.82 Å². The first-order chi connectivity index (χ1) is 9.10. The Kier molecular flexibility index (Phi) is 6.12. The van der Waals surface area contributed by atoms with Crippen LogP contribution in [0.2, 0.25) is 0 Å². The molecule has 0 heterocycles. The number of nitrogens with one attached hydrogen (secondary N) is 2. The molecule has 0 amide bonds. The first kappa shape index (κ1) is 15.3. The molecule has 0 saturated heterocycles. The van der Waals surface area contributed by atoms with Gasteiger partial charge in [0.05, 0.1) is 7.11 Å². The number of rotatable bonds is 5. The Morgan fingerprint density at radius 3 is 2.74 bits per heavy atom. The van der Waals surface area contributed by atoms with E-state index < -0.39 is 0 Å². The van der Waals surface area contributed by atoms with E-state index in [1.54, 1.807) is 13.1 Å². The molecule has 1 aromatic rings. The number of aliphatic imine (C=N–C) groups is 1. The average Bonchev–Trinajstić information content (AvgIpc) is 2.43. The van der Waals surface area contributed by atoms with Gasteiger partial charge in [0.25, 0.3) is 0 Å². The van der Waals surface area contributed by atoms with Crippen molar-refractivity contribution in [3.63, 3.8) is 0 Å². The predicted molar refractivity (Wildman–Crippen MR) is 76.0 cm³/mol. The van der Waals surface area contributed by atoms with Crippen LogP contribution in [0.5, 0.6) is 5.75 Å². The standard InChI is InChI=1S/C14H22FN3O/c1-5-10(2)18-14(16-3)17-9-11-6-7-13(19-4)12(15)8-11/h6-8,10H,5,9H2,1-4H3,(H2,16,17,18). The van der Waals surface area contributed by atoms with Crippen molar-refractivity contribution in [1.29, 1.82) is 0 Å². The molecule has 0 radical (unpaired) electrons. The van der Waals surface area contributed by atoms with E-state index in [1.807, 2.05) is 6.07 Å². The predicted octanol–water partition coefficient (Wildman–Crippen LogP) is 2.30. The van der Waals surface area contributed by atoms with Crippen molar-refractivity contribution < 1.29 is 9.13 Å². The van der Waals surface area contributed by atoms with Crippen LogP contribution in [0.3, 0.4) is 0 Å². The van der Waals surface area contributed by atoms with Crippen LogP contribution in [0.15, 0.2) is 23.2 Å². The van der Waals surface area contributed by atoms with Crippen LogP contribution < -0.4 is 15.4 Å². The van der Waals surface area contributed by atoms with Gasteiger partial charge < -0.3 is 15.4 Å². The van der Waals surface area contributed by atoms with Crippen molar-refractivity contribution >= 4 is 5.96 Å². The molecule has 0 bridgehead atoms. The lowest BCUT2D eigenvalue weighted by Gasteiger charge is -2.16. The van der Waals surface area contributed by atoms with E-state index in [0.717, 1.165) is 12.0 Å². The van der Waals surface area contributed by atoms with Crippen LogP contribution >= 0.6 is 0 Å². The van der Waals surface area contributed by atoms with Crippen LogP contribution in [0.4, 0.5) is 4.39 Å². The van der Waals surface area contributed by atoms with Gasteiger partial charge >= 0.3 is 0 Å². The zero-order valence-corrected chi connectivity index (χ0v) is 12.0. The molecule has 0 fully saturated rings. The van der Waals surface area contributed by atoms with Gasteiger partial charge in [0, 0.05) is 19.6 Å². The van der Waals surface area contributed by atoms with Crippen molar-refractivity contribution in [2.24, 2.45) is 4.99 Å². The summed E-state index contributed by atoms with van der Waals surface area (Å²) in [5, 5.41) is 6.39. The molecule has 0 saturated carbocycles. The van der Waals surface area contributed by atoms with Gasteiger partial charge in [-0.1, -0.05) is 13.0 Å². The maximum Gasteiger partial charge on any atom is 0.191 e. The highest BCUT2D eigenvalue weighted by molar-refractivity contribution is 5.79. The monoisotopic (exact) mass is 267 g/mol. The average molecular weight is 267 g/mol. The largest absolute Gasteiger partial charge is 0.494 e. The third-order valence-electron chi connectivity index (χ3n) is 2.90. The number of benzene rings is 1. The highest BCUT2D eigenvalue weighted by Gasteiger charge is 2.05. The zero-order chi connectivity index (χ0) is 14.3. The van der Waals surface area contributed by atoms with E-state index in [-0.39, 0.29) is 11.6 Å². The van der Waals surface area contributed by atoms with Gasteiger partial charge in [-0.3, -0.25) is 4.99 Å². The summed E-state index contributed by atoms with van der Waals surface area (Å²) in [6.07, 6.45) is 1.01. The van der Waals surface area contributed by atoms with Gasteiger partial charge in [-0.2, -0.15) is 0 Å². The van der Waals surface area contributed by atoms with Crippen LogP contribution in [-0.2, 0) is 6.54 Å². The number of guanidine groups is 1. The number of hydrogen-bond acceptors (Lipinski definition) is 2. The first-order valence-electron chi connectivity index (χ1n) is 6.40. The molecule has 0 aliphatic rings. The molecular formula is C14H22FN3O. The summed E-state index contributed by atoms with van der Waals surface area (Å²) >= 11 is 0. The first-order valence-corrected chi connectivity index (χ1v) is 6.40. The molecule has 1 aromatic carbocycles. The summed E-state index contributed by atoms with van der Waals surface area (Å²) in [5.41, 5.74) is 0.838. The maximum atomic E-state index is 13.5. The Hall–Kier alpha value is -1.78. The van der Waals surface area contributed by atoms with Gasteiger partial charge in [-0.05, 0) is 31.0 Å². The summed E-state index contributed by atoms with van der Waals surface area (Å²) < 4.78 is 18.4. The van der Waals surface area contributed by atoms with E-state index in [0.29, 0.717) is 18.5 Å². The normalized spacial score (nSPS) is 13.0. The Labute approximate surface area is 114 Å². The number of ether oxygens (including phenoxy) is 1. The van der Waals surface area contributed by atoms with Crippen molar-refractivity contribution in [3.8, 4) is 5.75 Å². The fourth-order valence-corrected chi connectivity index (χ4v) is 1.54. The zero-order valence-electron chi connectivity index (χ0n) is 12.0. The topological polar surface area (TPSA) is 45.7 Å². The lowest BCUT2D eigenvalue weighted by Crippen LogP contribution is -2.41. The van der Waals surface area contributed by atoms with Crippen molar-refractivity contribution in [1.82, 2.24) is 10.6 Å². The molecule has 1 unspecified atom stereocenters. The summed E-state index contributed by atoms with van der Waals surface area (Å²) in [5.74, 6) is 0.614. The van der Waals surface area contributed by atoms with E-state index in [1.165, 1.54) is 13.2 Å². The lowest BCUT2D eigenvalue weighted by atomic mass is 10.2. The molecular weight excluding hydrogens is 245 g/mol. The number of nitrogens with zero attached hydrogens (tertiary/aromatic N) is 1. The fourth-order valence-electron chi connectivity index (χ4n) is 1.54. The molecule has 1 rings (SSSR count). The third kappa shape index (κ3) is 4.77. The highest BCUT2D eigenvalue weighted by atomic mass is 19.1. The quantitative estimate of drug-likeness (QED) is 0.635. The Bertz CT molecular complexity index is 435. The SMILES string of the molecule is CCC(C)NC(=NC)NCc1ccc(OC)c(F)c1. The summed E-state index contributed by atoms with van der Waals surface area (Å²) in [6.45, 7) is 4.70. The molecule has 19 heavy (non-hydrogen) atoms. The molecule has 0 spiro atoms. The van der Waals surface area contributed by atoms with Crippen molar-refractivity contribution in [2.75, 3.05) is 14.2 Å². The van der Waals surface area contributed by atoms with Crippen molar-refractivity contribution in [3.05, 3.63) is 29.6 Å². The van der Waals surface area contributed by atoms with Crippen LogP contribution in [-0.4, -0.2) is 26.2 Å². The van der Waals surface area contributed by atoms with Gasteiger partial charge in [-0.15, -0.1) is 0 Å². The summed E-state index contributed by atoms with van der Waals surface area (Å²) in [7, 11) is 3.17. The van der Waals surface area contributed by atoms with Crippen LogP contribution in [0.25, 0.3) is 0 Å². The highest BCUT2D eigenvalue weighted by Crippen LogP contribution is 2.17. The molecule has 4 nitrogen and oxygen atoms in total. The molecule has 0 aliphatic carbocycles. The molecule has 0 aromatic heterocycles. The second-order valence-electron chi connectivity index (χ2n) is 4.35. The minimum Gasteiger partial charge on any atom is -0.494 e. The lowest BCUT2D eigenvalue weighted by molar-refractivity contribution is 0.386. The number of hydrogen-bond donors (Lipinski definition) is 2. The fraction of sp³-hybridized carbons (Fsp3) is 0.500. The third-order valence-corrected chi connectivity index (χ3v) is 2.90. The Morgan fingerprint density at radius 1 is 1.47 bits per heavy atom. The minimum atomic E-state index is -0.355. The van der Waals surface area contributed by atoms with Gasteiger partial charge in [-0.25, -0.2) is 4.39 Å². The maximum absolute atomic E-state index is 13.5. The number of methoxy groups -OCH3 is 1. The molecule has 0 aliphatic heterocycles. The van der Waals surface area contributed by atoms with Gasteiger partial charge in [0.15, 0.2) is 17.5 Å². The van der Waals surface area contributed by atoms with Crippen LogP contribution in [0.1, 0.15) is 25.8 Å². The van der Waals surface area contributed by atoms with E-state index in [9.17, 15) is 4.39 Å². The summed E-state index contributed by atoms with van der Waals surface area (Å²) in [6, 6.07) is 5.25. The molecule has 1 atom stereocenters. The van der Waals surface area contributed by atoms with Gasteiger partial charge in [0.1, 0.15) is 0 Å². The second-order valence-corrected chi connectivity index (χ2v) is 4.35. The number of halogens is 1. The Balaban J connectivity index is 2.58. The molecule has 5 heteroatoms. The second kappa shape index (κ2) is 7.61. The van der Waals surface area contributed by atoms with E-state index in [2.05, 4.69) is 29.5 Å². The van der Waals surface area contributed by atoms with Gasteiger partial charge in [0.2, 0.25) is 0 Å². The smallest absolute Gasteiger partial charge is 0.191 e. The molecule has 2 N–H and O–H groups in total. The summed E-state index contributed by atoms with van der Waals surface area (Å²) in [4.78, 5) is 4.12. The van der Waals surface area contributed by atoms with Crippen molar-refractivity contribution in [2.45, 2.75) is 32.9 Å². The molecule has 106 valence electrons. The van der Waals surface area contributed by atoms with E-state index >= 15 is 0 Å². The van der Waals surface area contributed by atoms with E-state index in [4.69, 9.17) is 4.74 Å².